The second-order valence-corrected chi connectivity index (χ2v) is 4.66. The van der Waals surface area contributed by atoms with Crippen molar-refractivity contribution in [3.05, 3.63) is 34.9 Å². The van der Waals surface area contributed by atoms with Gasteiger partial charge in [-0.15, -0.1) is 0 Å². The Balaban J connectivity index is 2.54. The van der Waals surface area contributed by atoms with Crippen LogP contribution in [0.25, 0.3) is 0 Å². The molecule has 0 fully saturated rings. The average molecular weight is 288 g/mol. The third-order valence-electron chi connectivity index (χ3n) is 2.33. The highest BCUT2D eigenvalue weighted by molar-refractivity contribution is 7.80. The highest BCUT2D eigenvalue weighted by Crippen LogP contribution is 2.10. The van der Waals surface area contributed by atoms with Crippen LogP contribution >= 0.6 is 24.2 Å². The maximum Gasteiger partial charge on any atom is 0.326 e. The molecule has 0 radical (unpaired) electrons. The minimum absolute atomic E-state index is 0.132. The van der Waals surface area contributed by atoms with Gasteiger partial charge in [0.15, 0.2) is 0 Å². The van der Waals surface area contributed by atoms with Gasteiger partial charge in [0.2, 0.25) is 5.91 Å². The lowest BCUT2D eigenvalue weighted by Gasteiger charge is -2.13. The van der Waals surface area contributed by atoms with Crippen LogP contribution in [-0.2, 0) is 16.0 Å². The first-order valence-corrected chi connectivity index (χ1v) is 6.41. The maximum absolute atomic E-state index is 11.7. The molecule has 0 saturated heterocycles. The average Bonchev–Trinajstić information content (AvgIpc) is 2.31. The summed E-state index contributed by atoms with van der Waals surface area (Å²) in [7, 11) is 0. The lowest BCUT2D eigenvalue weighted by molar-refractivity contribution is -0.141. The largest absolute Gasteiger partial charge is 0.480 e. The molecule has 4 nitrogen and oxygen atoms in total. The zero-order valence-electron chi connectivity index (χ0n) is 9.60. The van der Waals surface area contributed by atoms with Crippen LogP contribution in [0.5, 0.6) is 0 Å². The second kappa shape index (κ2) is 7.28. The Kier molecular flexibility index (Phi) is 6.01. The summed E-state index contributed by atoms with van der Waals surface area (Å²) < 4.78 is 0. The lowest BCUT2D eigenvalue weighted by Crippen LogP contribution is -2.41. The Hall–Kier alpha value is -1.20. The Morgan fingerprint density at radius 2 is 1.94 bits per heavy atom. The van der Waals surface area contributed by atoms with Crippen LogP contribution in [0.4, 0.5) is 0 Å². The molecule has 1 aromatic rings. The highest BCUT2D eigenvalue weighted by atomic mass is 35.5. The number of thiol groups is 1. The Morgan fingerprint density at radius 1 is 1.33 bits per heavy atom. The van der Waals surface area contributed by atoms with E-state index in [9.17, 15) is 9.59 Å². The zero-order valence-corrected chi connectivity index (χ0v) is 11.2. The van der Waals surface area contributed by atoms with Gasteiger partial charge >= 0.3 is 5.97 Å². The molecule has 0 saturated carbocycles. The van der Waals surface area contributed by atoms with E-state index in [2.05, 4.69) is 17.9 Å². The van der Waals surface area contributed by atoms with Crippen molar-refractivity contribution in [2.24, 2.45) is 0 Å². The normalized spacial score (nSPS) is 11.9. The van der Waals surface area contributed by atoms with Gasteiger partial charge in [-0.2, -0.15) is 12.6 Å². The van der Waals surface area contributed by atoms with Crippen LogP contribution in [0.3, 0.4) is 0 Å². The maximum atomic E-state index is 11.7. The van der Waals surface area contributed by atoms with Gasteiger partial charge in [-0.25, -0.2) is 4.79 Å². The first-order chi connectivity index (χ1) is 8.52. The molecule has 0 aliphatic heterocycles. The summed E-state index contributed by atoms with van der Waals surface area (Å²) in [6.45, 7) is 0. The van der Waals surface area contributed by atoms with E-state index >= 15 is 0 Å². The van der Waals surface area contributed by atoms with Crippen molar-refractivity contribution in [2.45, 2.75) is 18.9 Å². The minimum Gasteiger partial charge on any atom is -0.480 e. The van der Waals surface area contributed by atoms with E-state index in [1.807, 2.05) is 0 Å². The number of carboxylic acids is 1. The topological polar surface area (TPSA) is 66.4 Å². The quantitative estimate of drug-likeness (QED) is 0.699. The summed E-state index contributed by atoms with van der Waals surface area (Å²) in [6, 6.07) is 5.95. The van der Waals surface area contributed by atoms with Crippen molar-refractivity contribution in [3.8, 4) is 0 Å². The van der Waals surface area contributed by atoms with Crippen LogP contribution in [0.1, 0.15) is 12.0 Å². The molecule has 1 atom stereocenters. The van der Waals surface area contributed by atoms with E-state index in [1.54, 1.807) is 24.3 Å². The van der Waals surface area contributed by atoms with Crippen molar-refractivity contribution in [1.82, 2.24) is 5.32 Å². The number of carbonyl (C=O) groups is 2. The number of aliphatic carboxylic acids is 1. The van der Waals surface area contributed by atoms with Gasteiger partial charge < -0.3 is 10.4 Å². The third-order valence-corrected chi connectivity index (χ3v) is 2.84. The molecular weight excluding hydrogens is 274 g/mol. The molecule has 1 aromatic carbocycles. The molecule has 0 aliphatic rings. The molecule has 0 spiro atoms. The molecular formula is C12H14ClNO3S. The predicted molar refractivity (Wildman–Crippen MR) is 73.2 cm³/mol. The second-order valence-electron chi connectivity index (χ2n) is 3.77. The summed E-state index contributed by atoms with van der Waals surface area (Å²) >= 11 is 9.69. The Morgan fingerprint density at radius 3 is 2.44 bits per heavy atom. The van der Waals surface area contributed by atoms with Crippen LogP contribution < -0.4 is 5.32 Å². The first kappa shape index (κ1) is 14.9. The fraction of sp³-hybridized carbons (Fsp3) is 0.333. The molecule has 0 bridgehead atoms. The minimum atomic E-state index is -1.05. The van der Waals surface area contributed by atoms with E-state index in [-0.39, 0.29) is 12.3 Å². The fourth-order valence-electron chi connectivity index (χ4n) is 1.42. The molecule has 18 heavy (non-hydrogen) atoms. The molecule has 1 unspecified atom stereocenters. The Labute approximate surface area is 116 Å². The van der Waals surface area contributed by atoms with E-state index in [0.29, 0.717) is 17.2 Å². The monoisotopic (exact) mass is 287 g/mol. The number of carboxylic acid groups (broad SMARTS) is 1. The van der Waals surface area contributed by atoms with Crippen molar-refractivity contribution in [3.63, 3.8) is 0 Å². The standard InChI is InChI=1S/C12H14ClNO3S/c13-9-3-1-8(2-4-9)7-11(15)14-10(5-6-18)12(16)17/h1-4,10,18H,5-7H2,(H,14,15)(H,16,17). The van der Waals surface area contributed by atoms with E-state index in [0.717, 1.165) is 5.56 Å². The molecule has 0 heterocycles. The van der Waals surface area contributed by atoms with Gasteiger partial charge in [0.1, 0.15) is 6.04 Å². The first-order valence-electron chi connectivity index (χ1n) is 5.40. The Bertz CT molecular complexity index is 422. The summed E-state index contributed by atoms with van der Waals surface area (Å²) in [6.07, 6.45) is 0.429. The number of hydrogen-bond acceptors (Lipinski definition) is 3. The number of halogens is 1. The van der Waals surface area contributed by atoms with Crippen LogP contribution in [0.2, 0.25) is 5.02 Å². The van der Waals surface area contributed by atoms with Crippen molar-refractivity contribution >= 4 is 36.1 Å². The van der Waals surface area contributed by atoms with E-state index in [4.69, 9.17) is 16.7 Å². The lowest BCUT2D eigenvalue weighted by atomic mass is 10.1. The van der Waals surface area contributed by atoms with Gasteiger partial charge in [0.25, 0.3) is 0 Å². The molecule has 2 N–H and O–H groups in total. The van der Waals surface area contributed by atoms with Gasteiger partial charge in [-0.05, 0) is 29.9 Å². The van der Waals surface area contributed by atoms with Crippen LogP contribution in [-0.4, -0.2) is 28.8 Å². The zero-order chi connectivity index (χ0) is 13.5. The number of carbonyl (C=O) groups excluding carboxylic acids is 1. The van der Waals surface area contributed by atoms with Crippen molar-refractivity contribution in [1.29, 1.82) is 0 Å². The third kappa shape index (κ3) is 4.98. The number of rotatable bonds is 6. The summed E-state index contributed by atoms with van der Waals surface area (Å²) in [5.74, 6) is -0.974. The summed E-state index contributed by atoms with van der Waals surface area (Å²) in [5, 5.41) is 11.9. The SMILES string of the molecule is O=C(Cc1ccc(Cl)cc1)NC(CCS)C(=O)O. The molecule has 0 aromatic heterocycles. The predicted octanol–water partition coefficient (Wildman–Crippen LogP) is 1.77. The summed E-state index contributed by atoms with van der Waals surface area (Å²) in [5.41, 5.74) is 0.784. The number of nitrogens with one attached hydrogen (secondary N) is 1. The van der Waals surface area contributed by atoms with Crippen molar-refractivity contribution in [2.75, 3.05) is 5.75 Å². The van der Waals surface area contributed by atoms with Gasteiger partial charge in [0.05, 0.1) is 6.42 Å². The molecule has 98 valence electrons. The number of hydrogen-bond donors (Lipinski definition) is 3. The van der Waals surface area contributed by atoms with Gasteiger partial charge in [-0.3, -0.25) is 4.79 Å². The molecule has 6 heteroatoms. The fourth-order valence-corrected chi connectivity index (χ4v) is 1.80. The van der Waals surface area contributed by atoms with E-state index < -0.39 is 12.0 Å². The molecule has 1 amide bonds. The van der Waals surface area contributed by atoms with Crippen molar-refractivity contribution < 1.29 is 14.7 Å². The smallest absolute Gasteiger partial charge is 0.326 e. The van der Waals surface area contributed by atoms with Gasteiger partial charge in [-0.1, -0.05) is 23.7 Å². The van der Waals surface area contributed by atoms with Gasteiger partial charge in [0, 0.05) is 5.02 Å². The number of amides is 1. The summed E-state index contributed by atoms with van der Waals surface area (Å²) in [4.78, 5) is 22.5. The molecule has 1 rings (SSSR count). The number of benzene rings is 1. The molecule has 0 aliphatic carbocycles. The van der Waals surface area contributed by atoms with E-state index in [1.165, 1.54) is 0 Å². The highest BCUT2D eigenvalue weighted by Gasteiger charge is 2.18. The van der Waals surface area contributed by atoms with Crippen LogP contribution in [0, 0.1) is 0 Å². The van der Waals surface area contributed by atoms with Crippen LogP contribution in [0.15, 0.2) is 24.3 Å².